The van der Waals surface area contributed by atoms with Crippen molar-refractivity contribution in [1.82, 2.24) is 10.1 Å². The molecule has 1 aromatic heterocycles. The highest BCUT2D eigenvalue weighted by molar-refractivity contribution is 6.03. The number of amides is 1. The molecule has 2 rings (SSSR count). The molecule has 0 aliphatic heterocycles. The van der Waals surface area contributed by atoms with Gasteiger partial charge in [-0.05, 0) is 12.1 Å². The van der Waals surface area contributed by atoms with Crippen molar-refractivity contribution in [3.05, 3.63) is 30.0 Å². The van der Waals surface area contributed by atoms with Gasteiger partial charge in [0.05, 0.1) is 5.39 Å². The Morgan fingerprint density at radius 2 is 2.07 bits per heavy atom. The van der Waals surface area contributed by atoms with Gasteiger partial charge in [-0.1, -0.05) is 17.3 Å². The first-order chi connectivity index (χ1) is 6.70. The Morgan fingerprint density at radius 3 is 2.79 bits per heavy atom. The topological polar surface area (TPSA) is 46.3 Å². The minimum Gasteiger partial charge on any atom is -0.350 e. The summed E-state index contributed by atoms with van der Waals surface area (Å²) in [6.07, 6.45) is 0. The first-order valence-electron chi connectivity index (χ1n) is 4.26. The highest BCUT2D eigenvalue weighted by Crippen LogP contribution is 2.18. The predicted octanol–water partition coefficient (Wildman–Crippen LogP) is 1.53. The molecule has 0 saturated carbocycles. The number of rotatable bonds is 1. The van der Waals surface area contributed by atoms with Crippen molar-refractivity contribution in [1.29, 1.82) is 0 Å². The average molecular weight is 190 g/mol. The smallest absolute Gasteiger partial charge is 0.292 e. The molecule has 14 heavy (non-hydrogen) atoms. The maximum absolute atomic E-state index is 11.6. The van der Waals surface area contributed by atoms with Gasteiger partial charge in [-0.3, -0.25) is 4.79 Å². The molecule has 0 spiro atoms. The first kappa shape index (κ1) is 8.74. The Hall–Kier alpha value is -1.84. The highest BCUT2D eigenvalue weighted by atomic mass is 16.5. The molecule has 2 aromatic rings. The fraction of sp³-hybridized carbons (Fsp3) is 0.200. The van der Waals surface area contributed by atoms with Gasteiger partial charge in [-0.2, -0.15) is 0 Å². The maximum Gasteiger partial charge on any atom is 0.292 e. The summed E-state index contributed by atoms with van der Waals surface area (Å²) in [7, 11) is 3.36. The number of carbonyl (C=O) groups excluding carboxylic acids is 1. The molecule has 0 N–H and O–H groups in total. The Labute approximate surface area is 81.1 Å². The van der Waals surface area contributed by atoms with Gasteiger partial charge in [0.2, 0.25) is 5.76 Å². The molecule has 0 radical (unpaired) electrons. The summed E-state index contributed by atoms with van der Waals surface area (Å²) in [4.78, 5) is 13.1. The lowest BCUT2D eigenvalue weighted by atomic mass is 10.2. The second-order valence-corrected chi connectivity index (χ2v) is 3.23. The lowest BCUT2D eigenvalue weighted by molar-refractivity contribution is 0.0789. The second kappa shape index (κ2) is 3.14. The molecule has 0 atom stereocenters. The summed E-state index contributed by atoms with van der Waals surface area (Å²) in [5.41, 5.74) is 0.706. The van der Waals surface area contributed by atoms with E-state index >= 15 is 0 Å². The quantitative estimate of drug-likeness (QED) is 0.685. The zero-order chi connectivity index (χ0) is 10.1. The SMILES string of the molecule is CN(C)C(=O)c1onc2ccccc12. The number of fused-ring (bicyclic) bond motifs is 1. The number of hydrogen-bond acceptors (Lipinski definition) is 3. The van der Waals surface area contributed by atoms with Crippen LogP contribution in [0.2, 0.25) is 0 Å². The van der Waals surface area contributed by atoms with Crippen LogP contribution in [-0.2, 0) is 0 Å². The molecule has 0 aliphatic rings. The zero-order valence-corrected chi connectivity index (χ0v) is 8.02. The molecule has 0 unspecified atom stereocenters. The van der Waals surface area contributed by atoms with E-state index in [4.69, 9.17) is 4.52 Å². The van der Waals surface area contributed by atoms with E-state index in [9.17, 15) is 4.79 Å². The van der Waals surface area contributed by atoms with Crippen molar-refractivity contribution in [2.45, 2.75) is 0 Å². The van der Waals surface area contributed by atoms with Crippen molar-refractivity contribution < 1.29 is 9.32 Å². The van der Waals surface area contributed by atoms with E-state index in [1.165, 1.54) is 4.90 Å². The van der Waals surface area contributed by atoms with Crippen LogP contribution in [0.15, 0.2) is 28.8 Å². The average Bonchev–Trinajstić information content (AvgIpc) is 2.60. The molecule has 0 bridgehead atoms. The minimum atomic E-state index is -0.168. The van der Waals surface area contributed by atoms with E-state index in [-0.39, 0.29) is 5.91 Å². The lowest BCUT2D eigenvalue weighted by Gasteiger charge is -2.06. The van der Waals surface area contributed by atoms with Crippen LogP contribution in [0.25, 0.3) is 10.9 Å². The van der Waals surface area contributed by atoms with Gasteiger partial charge in [-0.15, -0.1) is 0 Å². The van der Waals surface area contributed by atoms with Gasteiger partial charge >= 0.3 is 0 Å². The fourth-order valence-electron chi connectivity index (χ4n) is 1.25. The van der Waals surface area contributed by atoms with Crippen molar-refractivity contribution in [3.8, 4) is 0 Å². The number of aromatic nitrogens is 1. The number of nitrogens with zero attached hydrogens (tertiary/aromatic N) is 2. The van der Waals surface area contributed by atoms with Gasteiger partial charge in [-0.25, -0.2) is 0 Å². The molecule has 1 amide bonds. The summed E-state index contributed by atoms with van der Waals surface area (Å²) in [5, 5.41) is 4.56. The van der Waals surface area contributed by atoms with Crippen LogP contribution >= 0.6 is 0 Å². The molecule has 1 heterocycles. The van der Waals surface area contributed by atoms with Gasteiger partial charge in [0.15, 0.2) is 0 Å². The molecule has 4 nitrogen and oxygen atoms in total. The number of benzene rings is 1. The van der Waals surface area contributed by atoms with Crippen molar-refractivity contribution in [2.24, 2.45) is 0 Å². The standard InChI is InChI=1S/C10H10N2O2/c1-12(2)10(13)9-7-5-3-4-6-8(7)11-14-9/h3-6H,1-2H3. The molecular weight excluding hydrogens is 180 g/mol. The number of carbonyl (C=O) groups is 1. The third-order valence-corrected chi connectivity index (χ3v) is 1.98. The van der Waals surface area contributed by atoms with E-state index in [1.807, 2.05) is 24.3 Å². The summed E-state index contributed by atoms with van der Waals surface area (Å²) in [5.74, 6) is 0.129. The van der Waals surface area contributed by atoms with Crippen LogP contribution in [0.1, 0.15) is 10.6 Å². The molecule has 0 saturated heterocycles. The van der Waals surface area contributed by atoms with Gasteiger partial charge in [0.1, 0.15) is 5.52 Å². The third-order valence-electron chi connectivity index (χ3n) is 1.98. The summed E-state index contributed by atoms with van der Waals surface area (Å²) >= 11 is 0. The Bertz CT molecular complexity index is 474. The van der Waals surface area contributed by atoms with Crippen LogP contribution in [0.4, 0.5) is 0 Å². The Balaban J connectivity index is 2.58. The Kier molecular flexibility index (Phi) is 1.96. The van der Waals surface area contributed by atoms with Crippen molar-refractivity contribution in [2.75, 3.05) is 14.1 Å². The van der Waals surface area contributed by atoms with Crippen LogP contribution in [0.3, 0.4) is 0 Å². The number of hydrogen-bond donors (Lipinski definition) is 0. The van der Waals surface area contributed by atoms with Crippen LogP contribution in [-0.4, -0.2) is 30.1 Å². The highest BCUT2D eigenvalue weighted by Gasteiger charge is 2.17. The third kappa shape index (κ3) is 1.25. The van der Waals surface area contributed by atoms with Crippen molar-refractivity contribution >= 4 is 16.8 Å². The van der Waals surface area contributed by atoms with Crippen LogP contribution in [0, 0.1) is 0 Å². The molecular formula is C10H10N2O2. The largest absolute Gasteiger partial charge is 0.350 e. The summed E-state index contributed by atoms with van der Waals surface area (Å²) < 4.78 is 5.00. The Morgan fingerprint density at radius 1 is 1.36 bits per heavy atom. The minimum absolute atomic E-state index is 0.168. The monoisotopic (exact) mass is 190 g/mol. The van der Waals surface area contributed by atoms with Gasteiger partial charge in [0.25, 0.3) is 5.91 Å². The van der Waals surface area contributed by atoms with Gasteiger partial charge in [0, 0.05) is 14.1 Å². The van der Waals surface area contributed by atoms with Crippen molar-refractivity contribution in [3.63, 3.8) is 0 Å². The van der Waals surface area contributed by atoms with E-state index in [1.54, 1.807) is 14.1 Å². The maximum atomic E-state index is 11.6. The first-order valence-corrected chi connectivity index (χ1v) is 4.26. The normalized spacial score (nSPS) is 10.4. The van der Waals surface area contributed by atoms with Crippen LogP contribution < -0.4 is 0 Å². The fourth-order valence-corrected chi connectivity index (χ4v) is 1.25. The molecule has 72 valence electrons. The van der Waals surface area contributed by atoms with E-state index in [0.717, 1.165) is 5.39 Å². The second-order valence-electron chi connectivity index (χ2n) is 3.23. The molecule has 1 aromatic carbocycles. The summed E-state index contributed by atoms with van der Waals surface area (Å²) in [6.45, 7) is 0. The predicted molar refractivity (Wildman–Crippen MR) is 52.0 cm³/mol. The molecule has 0 aliphatic carbocycles. The van der Waals surface area contributed by atoms with E-state index in [2.05, 4.69) is 5.16 Å². The van der Waals surface area contributed by atoms with Crippen LogP contribution in [0.5, 0.6) is 0 Å². The zero-order valence-electron chi connectivity index (χ0n) is 8.02. The molecule has 0 fully saturated rings. The molecule has 4 heteroatoms. The van der Waals surface area contributed by atoms with E-state index < -0.39 is 0 Å². The van der Waals surface area contributed by atoms with Gasteiger partial charge < -0.3 is 9.42 Å². The summed E-state index contributed by atoms with van der Waals surface area (Å²) in [6, 6.07) is 7.34. The lowest BCUT2D eigenvalue weighted by Crippen LogP contribution is -2.21. The van der Waals surface area contributed by atoms with E-state index in [0.29, 0.717) is 11.3 Å².